The highest BCUT2D eigenvalue weighted by atomic mass is 15.0. The molecule has 0 amide bonds. The summed E-state index contributed by atoms with van der Waals surface area (Å²) >= 11 is 0. The minimum atomic E-state index is 0.596. The topological polar surface area (TPSA) is 3.24 Å². The molecule has 0 aliphatic rings. The zero-order valence-corrected chi connectivity index (χ0v) is 9.40. The molecule has 0 fully saturated rings. The van der Waals surface area contributed by atoms with E-state index in [1.807, 2.05) is 0 Å². The maximum absolute atomic E-state index is 2.29. The number of hydrogen-bond donors (Lipinski definition) is 0. The fourth-order valence-electron chi connectivity index (χ4n) is 1.62. The van der Waals surface area contributed by atoms with Crippen LogP contribution in [0.2, 0.25) is 0 Å². The van der Waals surface area contributed by atoms with Crippen LogP contribution < -0.4 is 0 Å². The largest absolute Gasteiger partial charge is 0.309 e. The van der Waals surface area contributed by atoms with Crippen LogP contribution in [0, 0.1) is 6.42 Å². The van der Waals surface area contributed by atoms with E-state index in [4.69, 9.17) is 0 Å². The van der Waals surface area contributed by atoms with Crippen molar-refractivity contribution >= 4 is 0 Å². The van der Waals surface area contributed by atoms with E-state index in [2.05, 4.69) is 62.7 Å². The first kappa shape index (κ1) is 11.3. The molecule has 77 valence electrons. The molecule has 14 heavy (non-hydrogen) atoms. The smallest absolute Gasteiger partial charge is 0.00189 e. The first-order valence-electron chi connectivity index (χ1n) is 5.23. The van der Waals surface area contributed by atoms with Crippen LogP contribution in [-0.4, -0.2) is 25.5 Å². The predicted molar refractivity (Wildman–Crippen MR) is 62.3 cm³/mol. The molecule has 0 heterocycles. The lowest BCUT2D eigenvalue weighted by Crippen LogP contribution is -2.15. The van der Waals surface area contributed by atoms with Gasteiger partial charge in [0.15, 0.2) is 0 Å². The van der Waals surface area contributed by atoms with Gasteiger partial charge in [-0.05, 0) is 45.0 Å². The first-order valence-corrected chi connectivity index (χ1v) is 5.23. The molecular weight excluding hydrogens is 170 g/mol. The normalized spacial score (nSPS) is 13.1. The van der Waals surface area contributed by atoms with Gasteiger partial charge in [-0.3, -0.25) is 0 Å². The predicted octanol–water partition coefficient (Wildman–Crippen LogP) is 2.95. The molecular formula is C13H20N. The third-order valence-electron chi connectivity index (χ3n) is 2.52. The highest BCUT2D eigenvalue weighted by molar-refractivity contribution is 5.21. The molecule has 1 nitrogen and oxygen atoms in total. The summed E-state index contributed by atoms with van der Waals surface area (Å²) in [6, 6.07) is 10.7. The van der Waals surface area contributed by atoms with Gasteiger partial charge < -0.3 is 4.90 Å². The van der Waals surface area contributed by atoms with Crippen LogP contribution in [0.5, 0.6) is 0 Å². The van der Waals surface area contributed by atoms with Crippen LogP contribution in [0.4, 0.5) is 0 Å². The van der Waals surface area contributed by atoms with Crippen molar-refractivity contribution in [2.45, 2.75) is 19.3 Å². The van der Waals surface area contributed by atoms with Gasteiger partial charge in [-0.1, -0.05) is 37.3 Å². The molecule has 0 aliphatic carbocycles. The van der Waals surface area contributed by atoms with Crippen LogP contribution in [0.15, 0.2) is 30.3 Å². The van der Waals surface area contributed by atoms with E-state index in [0.29, 0.717) is 5.92 Å². The van der Waals surface area contributed by atoms with Crippen molar-refractivity contribution in [3.8, 4) is 0 Å². The molecule has 0 bridgehead atoms. The van der Waals surface area contributed by atoms with Crippen molar-refractivity contribution in [3.63, 3.8) is 0 Å². The molecule has 1 aromatic carbocycles. The summed E-state index contributed by atoms with van der Waals surface area (Å²) in [5.41, 5.74) is 1.43. The van der Waals surface area contributed by atoms with Crippen molar-refractivity contribution in [3.05, 3.63) is 42.3 Å². The van der Waals surface area contributed by atoms with Gasteiger partial charge in [-0.15, -0.1) is 0 Å². The minimum Gasteiger partial charge on any atom is -0.309 e. The Kier molecular flexibility index (Phi) is 4.68. The van der Waals surface area contributed by atoms with Crippen molar-refractivity contribution < 1.29 is 0 Å². The van der Waals surface area contributed by atoms with Gasteiger partial charge in [0.05, 0.1) is 0 Å². The zero-order valence-electron chi connectivity index (χ0n) is 9.40. The molecule has 1 unspecified atom stereocenters. The average Bonchev–Trinajstić information content (AvgIpc) is 2.20. The van der Waals surface area contributed by atoms with Gasteiger partial charge >= 0.3 is 0 Å². The third kappa shape index (κ3) is 3.51. The highest BCUT2D eigenvalue weighted by Crippen LogP contribution is 2.21. The number of nitrogens with zero attached hydrogens (tertiary/aromatic N) is 1. The summed E-state index contributed by atoms with van der Waals surface area (Å²) in [6.45, 7) is 3.29. The molecule has 0 aliphatic heterocycles. The van der Waals surface area contributed by atoms with E-state index in [-0.39, 0.29) is 0 Å². The summed E-state index contributed by atoms with van der Waals surface area (Å²) < 4.78 is 0. The monoisotopic (exact) mass is 190 g/mol. The van der Waals surface area contributed by atoms with Crippen molar-refractivity contribution in [1.82, 2.24) is 4.90 Å². The SMILES string of the molecule is C[CH]C(CCN(C)C)c1ccccc1. The van der Waals surface area contributed by atoms with Crippen molar-refractivity contribution in [2.75, 3.05) is 20.6 Å². The first-order chi connectivity index (χ1) is 6.74. The van der Waals surface area contributed by atoms with E-state index >= 15 is 0 Å². The molecule has 1 heteroatoms. The van der Waals surface area contributed by atoms with Crippen molar-refractivity contribution in [2.24, 2.45) is 0 Å². The number of rotatable bonds is 5. The van der Waals surface area contributed by atoms with E-state index in [9.17, 15) is 0 Å². The fraction of sp³-hybridized carbons (Fsp3) is 0.462. The van der Waals surface area contributed by atoms with Crippen molar-refractivity contribution in [1.29, 1.82) is 0 Å². The quantitative estimate of drug-likeness (QED) is 0.690. The minimum absolute atomic E-state index is 0.596. The molecule has 1 rings (SSSR count). The third-order valence-corrected chi connectivity index (χ3v) is 2.52. The van der Waals surface area contributed by atoms with E-state index < -0.39 is 0 Å². The van der Waals surface area contributed by atoms with Gasteiger partial charge in [0.1, 0.15) is 0 Å². The average molecular weight is 190 g/mol. The maximum Gasteiger partial charge on any atom is -0.00189 e. The number of benzene rings is 1. The standard InChI is InChI=1S/C13H20N/c1-4-12(10-11-14(2)3)13-8-6-5-7-9-13/h4-9,12H,10-11H2,1-3H3. The second-order valence-corrected chi connectivity index (χ2v) is 3.94. The van der Waals surface area contributed by atoms with Crippen LogP contribution in [0.25, 0.3) is 0 Å². The van der Waals surface area contributed by atoms with Crippen LogP contribution in [0.3, 0.4) is 0 Å². The molecule has 0 aromatic heterocycles. The van der Waals surface area contributed by atoms with Crippen LogP contribution >= 0.6 is 0 Å². The molecule has 0 saturated carbocycles. The second-order valence-electron chi connectivity index (χ2n) is 3.94. The Morgan fingerprint density at radius 3 is 2.36 bits per heavy atom. The van der Waals surface area contributed by atoms with Crippen LogP contribution in [-0.2, 0) is 0 Å². The Morgan fingerprint density at radius 2 is 1.86 bits per heavy atom. The highest BCUT2D eigenvalue weighted by Gasteiger charge is 2.08. The Balaban J connectivity index is 2.54. The second kappa shape index (κ2) is 5.82. The Bertz CT molecular complexity index is 241. The fourth-order valence-corrected chi connectivity index (χ4v) is 1.62. The summed E-state index contributed by atoms with van der Waals surface area (Å²) in [6.07, 6.45) is 3.49. The molecule has 0 N–H and O–H groups in total. The zero-order chi connectivity index (χ0) is 10.4. The Labute approximate surface area is 87.7 Å². The summed E-state index contributed by atoms with van der Waals surface area (Å²) in [4.78, 5) is 2.24. The van der Waals surface area contributed by atoms with Gasteiger partial charge in [-0.2, -0.15) is 0 Å². The molecule has 0 spiro atoms. The van der Waals surface area contributed by atoms with E-state index in [0.717, 1.165) is 6.54 Å². The van der Waals surface area contributed by atoms with Crippen LogP contribution in [0.1, 0.15) is 24.8 Å². The van der Waals surface area contributed by atoms with Gasteiger partial charge in [0.25, 0.3) is 0 Å². The van der Waals surface area contributed by atoms with E-state index in [1.165, 1.54) is 12.0 Å². The van der Waals surface area contributed by atoms with Gasteiger partial charge in [0, 0.05) is 0 Å². The molecule has 1 radical (unpaired) electrons. The lowest BCUT2D eigenvalue weighted by Gasteiger charge is -2.17. The molecule has 0 saturated heterocycles. The lowest BCUT2D eigenvalue weighted by molar-refractivity contribution is 0.388. The molecule has 1 atom stereocenters. The maximum atomic E-state index is 2.29. The van der Waals surface area contributed by atoms with Gasteiger partial charge in [-0.25, -0.2) is 0 Å². The summed E-state index contributed by atoms with van der Waals surface area (Å²) in [5, 5.41) is 0. The Morgan fingerprint density at radius 1 is 1.21 bits per heavy atom. The van der Waals surface area contributed by atoms with E-state index in [1.54, 1.807) is 0 Å². The molecule has 1 aromatic rings. The lowest BCUT2D eigenvalue weighted by atomic mass is 9.93. The summed E-state index contributed by atoms with van der Waals surface area (Å²) in [5.74, 6) is 0.596. The Hall–Kier alpha value is -0.820. The number of hydrogen-bond acceptors (Lipinski definition) is 1. The summed E-state index contributed by atoms with van der Waals surface area (Å²) in [7, 11) is 4.25. The van der Waals surface area contributed by atoms with Gasteiger partial charge in [0.2, 0.25) is 0 Å².